The normalized spacial score (nSPS) is 10.5. The first-order valence-corrected chi connectivity index (χ1v) is 8.82. The van der Waals surface area contributed by atoms with Gasteiger partial charge in [0.15, 0.2) is 12.4 Å². The number of phenols is 1. The molecule has 0 aliphatic heterocycles. The lowest BCUT2D eigenvalue weighted by atomic mass is 10.1. The minimum Gasteiger partial charge on any atom is -0.508 e. The number of benzene rings is 2. The van der Waals surface area contributed by atoms with Gasteiger partial charge in [-0.25, -0.2) is 0 Å². The first-order chi connectivity index (χ1) is 13.5. The van der Waals surface area contributed by atoms with Gasteiger partial charge in [0.05, 0.1) is 6.42 Å². The van der Waals surface area contributed by atoms with Crippen LogP contribution in [0.25, 0.3) is 0 Å². The van der Waals surface area contributed by atoms with E-state index in [1.54, 1.807) is 12.1 Å². The summed E-state index contributed by atoms with van der Waals surface area (Å²) in [5.41, 5.74) is 8.49. The molecule has 0 amide bonds. The first-order valence-electron chi connectivity index (χ1n) is 8.82. The summed E-state index contributed by atoms with van der Waals surface area (Å²) >= 11 is 0. The average Bonchev–Trinajstić information content (AvgIpc) is 2.68. The van der Waals surface area contributed by atoms with E-state index in [0.717, 1.165) is 23.2 Å². The largest absolute Gasteiger partial charge is 0.508 e. The van der Waals surface area contributed by atoms with Gasteiger partial charge in [-0.05, 0) is 35.7 Å². The van der Waals surface area contributed by atoms with E-state index in [1.165, 1.54) is 12.1 Å². The number of para-hydroxylation sites is 1. The Morgan fingerprint density at radius 3 is 2.61 bits per heavy atom. The van der Waals surface area contributed by atoms with Crippen molar-refractivity contribution in [3.8, 4) is 5.75 Å². The molecule has 1 aromatic heterocycles. The molecule has 0 fully saturated rings. The zero-order chi connectivity index (χ0) is 19.9. The van der Waals surface area contributed by atoms with Crippen LogP contribution in [0.1, 0.15) is 23.9 Å². The Bertz CT molecular complexity index is 960. The lowest BCUT2D eigenvalue weighted by Gasteiger charge is -2.11. The number of hydrogen-bond acceptors (Lipinski definition) is 8. The van der Waals surface area contributed by atoms with Gasteiger partial charge >= 0.3 is 5.97 Å². The van der Waals surface area contributed by atoms with Crippen molar-refractivity contribution in [1.29, 1.82) is 0 Å². The van der Waals surface area contributed by atoms with Crippen LogP contribution >= 0.6 is 0 Å². The highest BCUT2D eigenvalue weighted by molar-refractivity contribution is 5.72. The average molecular weight is 379 g/mol. The number of carbonyl (C=O) groups is 1. The number of nitrogens with two attached hydrogens (primary N) is 1. The number of ether oxygens (including phenoxy) is 1. The molecule has 0 radical (unpaired) electrons. The number of carbonyl (C=O) groups excluding carboxylic acids is 1. The highest BCUT2D eigenvalue weighted by atomic mass is 16.5. The lowest BCUT2D eigenvalue weighted by molar-refractivity contribution is -0.144. The van der Waals surface area contributed by atoms with Crippen LogP contribution < -0.4 is 11.1 Å². The number of aromatic hydroxyl groups is 1. The quantitative estimate of drug-likeness (QED) is 0.536. The van der Waals surface area contributed by atoms with E-state index >= 15 is 0 Å². The Hall–Kier alpha value is -3.68. The van der Waals surface area contributed by atoms with Crippen molar-refractivity contribution in [1.82, 2.24) is 15.0 Å². The number of nitrogens with one attached hydrogen (secondary N) is 1. The standard InChI is InChI=1S/C20H21N5O3/c1-2-14-5-3-4-6-16(14)22-20-24-17(23-19(21)25-20)12-28-18(27)11-13-7-9-15(26)10-8-13/h3-10,26H,2,11-12H2,1H3,(H3,21,22,23,24,25). The Kier molecular flexibility index (Phi) is 6.01. The number of aryl methyl sites for hydroxylation is 1. The smallest absolute Gasteiger partial charge is 0.310 e. The molecule has 0 bridgehead atoms. The molecule has 3 rings (SSSR count). The zero-order valence-corrected chi connectivity index (χ0v) is 15.4. The number of nitrogen functional groups attached to an aromatic ring is 1. The Morgan fingerprint density at radius 1 is 1.11 bits per heavy atom. The van der Waals surface area contributed by atoms with Gasteiger partial charge in [0, 0.05) is 5.69 Å². The predicted molar refractivity (Wildman–Crippen MR) is 105 cm³/mol. The van der Waals surface area contributed by atoms with Gasteiger partial charge < -0.3 is 20.9 Å². The SMILES string of the molecule is CCc1ccccc1Nc1nc(N)nc(COC(=O)Cc2ccc(O)cc2)n1. The summed E-state index contributed by atoms with van der Waals surface area (Å²) in [5.74, 6) is 0.287. The highest BCUT2D eigenvalue weighted by Gasteiger charge is 2.10. The predicted octanol–water partition coefficient (Wildman–Crippen LogP) is 2.75. The van der Waals surface area contributed by atoms with Crippen LogP contribution in [0, 0.1) is 0 Å². The van der Waals surface area contributed by atoms with Crippen LogP contribution in [0.4, 0.5) is 17.6 Å². The fourth-order valence-corrected chi connectivity index (χ4v) is 2.61. The third kappa shape index (κ3) is 5.16. The third-order valence-corrected chi connectivity index (χ3v) is 3.99. The number of anilines is 3. The number of aromatic nitrogens is 3. The summed E-state index contributed by atoms with van der Waals surface area (Å²) in [6, 6.07) is 14.2. The summed E-state index contributed by atoms with van der Waals surface area (Å²) in [5, 5.41) is 12.4. The molecule has 8 nitrogen and oxygen atoms in total. The molecule has 4 N–H and O–H groups in total. The number of nitrogens with zero attached hydrogens (tertiary/aromatic N) is 3. The molecule has 2 aromatic carbocycles. The molecule has 28 heavy (non-hydrogen) atoms. The van der Waals surface area contributed by atoms with E-state index < -0.39 is 5.97 Å². The van der Waals surface area contributed by atoms with Crippen molar-refractivity contribution in [2.24, 2.45) is 0 Å². The summed E-state index contributed by atoms with van der Waals surface area (Å²) in [6.07, 6.45) is 0.932. The first kappa shape index (κ1) is 19.1. The molecule has 0 aliphatic carbocycles. The van der Waals surface area contributed by atoms with E-state index in [0.29, 0.717) is 0 Å². The van der Waals surface area contributed by atoms with E-state index in [2.05, 4.69) is 27.2 Å². The Morgan fingerprint density at radius 2 is 1.86 bits per heavy atom. The fraction of sp³-hybridized carbons (Fsp3) is 0.200. The molecule has 0 aliphatic rings. The van der Waals surface area contributed by atoms with Gasteiger partial charge in [-0.3, -0.25) is 4.79 Å². The van der Waals surface area contributed by atoms with Gasteiger partial charge in [-0.1, -0.05) is 37.3 Å². The van der Waals surface area contributed by atoms with Gasteiger partial charge in [-0.2, -0.15) is 15.0 Å². The summed E-state index contributed by atoms with van der Waals surface area (Å²) in [7, 11) is 0. The second-order valence-corrected chi connectivity index (χ2v) is 6.07. The molecule has 0 saturated carbocycles. The maximum Gasteiger partial charge on any atom is 0.310 e. The Labute approximate surface area is 162 Å². The van der Waals surface area contributed by atoms with Gasteiger partial charge in [-0.15, -0.1) is 0 Å². The maximum atomic E-state index is 12.0. The molecule has 8 heteroatoms. The number of hydrogen-bond donors (Lipinski definition) is 3. The topological polar surface area (TPSA) is 123 Å². The molecular formula is C20H21N5O3. The second kappa shape index (κ2) is 8.81. The summed E-state index contributed by atoms with van der Waals surface area (Å²) in [6.45, 7) is 1.94. The van der Waals surface area contributed by atoms with Crippen LogP contribution in [0.3, 0.4) is 0 Å². The van der Waals surface area contributed by atoms with Crippen LogP contribution in [-0.2, 0) is 29.0 Å². The van der Waals surface area contributed by atoms with Crippen molar-refractivity contribution in [3.63, 3.8) is 0 Å². The van der Waals surface area contributed by atoms with Crippen molar-refractivity contribution in [2.75, 3.05) is 11.1 Å². The minimum atomic E-state index is -0.435. The Balaban J connectivity index is 1.64. The van der Waals surface area contributed by atoms with Crippen LogP contribution in [0.2, 0.25) is 0 Å². The van der Waals surface area contributed by atoms with Crippen LogP contribution in [0.5, 0.6) is 5.75 Å². The van der Waals surface area contributed by atoms with Crippen molar-refractivity contribution < 1.29 is 14.6 Å². The molecule has 144 valence electrons. The van der Waals surface area contributed by atoms with Crippen LogP contribution in [-0.4, -0.2) is 26.0 Å². The minimum absolute atomic E-state index is 0.0380. The third-order valence-electron chi connectivity index (χ3n) is 3.99. The van der Waals surface area contributed by atoms with E-state index in [-0.39, 0.29) is 36.5 Å². The molecule has 3 aromatic rings. The van der Waals surface area contributed by atoms with E-state index in [9.17, 15) is 9.90 Å². The van der Waals surface area contributed by atoms with Crippen molar-refractivity contribution >= 4 is 23.6 Å². The van der Waals surface area contributed by atoms with Crippen molar-refractivity contribution in [2.45, 2.75) is 26.4 Å². The number of rotatable bonds is 7. The molecule has 0 atom stereocenters. The maximum absolute atomic E-state index is 12.0. The van der Waals surface area contributed by atoms with E-state index in [4.69, 9.17) is 10.5 Å². The second-order valence-electron chi connectivity index (χ2n) is 6.07. The zero-order valence-electron chi connectivity index (χ0n) is 15.4. The monoisotopic (exact) mass is 379 g/mol. The van der Waals surface area contributed by atoms with Crippen molar-refractivity contribution in [3.05, 3.63) is 65.5 Å². The van der Waals surface area contributed by atoms with Crippen LogP contribution in [0.15, 0.2) is 48.5 Å². The highest BCUT2D eigenvalue weighted by Crippen LogP contribution is 2.19. The van der Waals surface area contributed by atoms with Gasteiger partial charge in [0.1, 0.15) is 5.75 Å². The molecule has 0 saturated heterocycles. The van der Waals surface area contributed by atoms with Gasteiger partial charge in [0.2, 0.25) is 11.9 Å². The summed E-state index contributed by atoms with van der Waals surface area (Å²) < 4.78 is 5.23. The lowest BCUT2D eigenvalue weighted by Crippen LogP contribution is -2.12. The van der Waals surface area contributed by atoms with Gasteiger partial charge in [0.25, 0.3) is 0 Å². The molecular weight excluding hydrogens is 358 g/mol. The van der Waals surface area contributed by atoms with E-state index in [1.807, 2.05) is 24.3 Å². The number of phenolic OH excluding ortho intramolecular Hbond substituents is 1. The number of esters is 1. The fourth-order valence-electron chi connectivity index (χ4n) is 2.61. The molecule has 1 heterocycles. The molecule has 0 spiro atoms. The molecule has 0 unspecified atom stereocenters. The summed E-state index contributed by atoms with van der Waals surface area (Å²) in [4.78, 5) is 24.4.